The van der Waals surface area contributed by atoms with E-state index in [9.17, 15) is 4.79 Å². The van der Waals surface area contributed by atoms with Crippen LogP contribution in [0.25, 0.3) is 10.9 Å². The molecule has 4 rings (SSSR count). The minimum Gasteiger partial charge on any atom is -0.382 e. The van der Waals surface area contributed by atoms with Crippen LogP contribution in [-0.4, -0.2) is 32.5 Å². The number of hydrogen-bond donors (Lipinski definition) is 1. The molecule has 1 amide bonds. The Morgan fingerprint density at radius 3 is 2.88 bits per heavy atom. The number of pyridine rings is 1. The summed E-state index contributed by atoms with van der Waals surface area (Å²) in [5.74, 6) is 0.498. The maximum atomic E-state index is 12.9. The fraction of sp³-hybridized carbons (Fsp3) is 0.300. The van der Waals surface area contributed by atoms with Crippen LogP contribution in [0.2, 0.25) is 0 Å². The minimum absolute atomic E-state index is 0.106. The fourth-order valence-corrected chi connectivity index (χ4v) is 3.65. The van der Waals surface area contributed by atoms with E-state index in [0.717, 1.165) is 39.0 Å². The molecule has 6 nitrogen and oxygen atoms in total. The van der Waals surface area contributed by atoms with Crippen molar-refractivity contribution in [1.82, 2.24) is 20.1 Å². The predicted molar refractivity (Wildman–Crippen MR) is 100 cm³/mol. The third-order valence-corrected chi connectivity index (χ3v) is 5.13. The van der Waals surface area contributed by atoms with Gasteiger partial charge in [0.1, 0.15) is 5.82 Å². The van der Waals surface area contributed by atoms with E-state index in [1.165, 1.54) is 0 Å². The van der Waals surface area contributed by atoms with Crippen LogP contribution < -0.4 is 5.73 Å². The van der Waals surface area contributed by atoms with Crippen LogP contribution >= 0.6 is 0 Å². The van der Waals surface area contributed by atoms with Gasteiger partial charge in [-0.3, -0.25) is 9.78 Å². The first-order valence-electron chi connectivity index (χ1n) is 8.76. The van der Waals surface area contributed by atoms with Crippen molar-refractivity contribution in [3.05, 3.63) is 58.4 Å². The van der Waals surface area contributed by atoms with Crippen molar-refractivity contribution in [2.75, 3.05) is 12.3 Å². The van der Waals surface area contributed by atoms with Crippen molar-refractivity contribution in [3.8, 4) is 0 Å². The molecule has 2 N–H and O–H groups in total. The SMILES string of the molecule is Cc1nc2ccccc2c(C)c1CC(=O)N1CCc2nnc(N)cc2C1. The maximum Gasteiger partial charge on any atom is 0.227 e. The molecule has 6 heteroatoms. The summed E-state index contributed by atoms with van der Waals surface area (Å²) in [6.45, 7) is 5.24. The standard InChI is InChI=1S/C20H21N5O/c1-12-15-5-3-4-6-18(15)22-13(2)16(12)10-20(26)25-8-7-17-14(11-25)9-19(21)24-23-17/h3-6,9H,7-8,10-11H2,1-2H3,(H2,21,24). The number of aromatic nitrogens is 3. The highest BCUT2D eigenvalue weighted by molar-refractivity contribution is 5.86. The van der Waals surface area contributed by atoms with Gasteiger partial charge in [-0.15, -0.1) is 5.10 Å². The van der Waals surface area contributed by atoms with E-state index in [1.807, 2.05) is 36.1 Å². The molecule has 1 aliphatic heterocycles. The van der Waals surface area contributed by atoms with Crippen molar-refractivity contribution < 1.29 is 4.79 Å². The fourth-order valence-electron chi connectivity index (χ4n) is 3.65. The molecule has 0 unspecified atom stereocenters. The summed E-state index contributed by atoms with van der Waals surface area (Å²) in [5.41, 5.74) is 11.7. The maximum absolute atomic E-state index is 12.9. The Balaban J connectivity index is 1.60. The van der Waals surface area contributed by atoms with E-state index in [-0.39, 0.29) is 5.91 Å². The molecular weight excluding hydrogens is 326 g/mol. The highest BCUT2D eigenvalue weighted by Gasteiger charge is 2.23. The molecule has 0 spiro atoms. The number of aryl methyl sites for hydroxylation is 2. The lowest BCUT2D eigenvalue weighted by Crippen LogP contribution is -2.37. The van der Waals surface area contributed by atoms with Gasteiger partial charge in [0.25, 0.3) is 0 Å². The van der Waals surface area contributed by atoms with Gasteiger partial charge in [0.15, 0.2) is 0 Å². The first-order valence-corrected chi connectivity index (χ1v) is 8.76. The zero-order valence-electron chi connectivity index (χ0n) is 15.0. The van der Waals surface area contributed by atoms with Crippen LogP contribution in [0.3, 0.4) is 0 Å². The molecule has 0 aliphatic carbocycles. The van der Waals surface area contributed by atoms with Crippen molar-refractivity contribution in [2.24, 2.45) is 0 Å². The van der Waals surface area contributed by atoms with Gasteiger partial charge in [-0.25, -0.2) is 0 Å². The summed E-state index contributed by atoms with van der Waals surface area (Å²) < 4.78 is 0. The van der Waals surface area contributed by atoms with E-state index in [0.29, 0.717) is 31.7 Å². The average molecular weight is 347 g/mol. The van der Waals surface area contributed by atoms with Crippen molar-refractivity contribution in [2.45, 2.75) is 33.2 Å². The Labute approximate surface area is 152 Å². The number of nitrogens with two attached hydrogens (primary N) is 1. The van der Waals surface area contributed by atoms with Gasteiger partial charge in [0.05, 0.1) is 17.6 Å². The lowest BCUT2D eigenvalue weighted by molar-refractivity contribution is -0.131. The second kappa shape index (κ2) is 6.37. The first-order chi connectivity index (χ1) is 12.5. The molecule has 132 valence electrons. The predicted octanol–water partition coefficient (Wildman–Crippen LogP) is 2.35. The van der Waals surface area contributed by atoms with Crippen molar-refractivity contribution in [1.29, 1.82) is 0 Å². The summed E-state index contributed by atoms with van der Waals surface area (Å²) in [6, 6.07) is 9.87. The Kier molecular flexibility index (Phi) is 4.03. The zero-order chi connectivity index (χ0) is 18.3. The van der Waals surface area contributed by atoms with Gasteiger partial charge in [0.2, 0.25) is 5.91 Å². The summed E-state index contributed by atoms with van der Waals surface area (Å²) in [7, 11) is 0. The van der Waals surface area contributed by atoms with Gasteiger partial charge in [-0.05, 0) is 42.7 Å². The van der Waals surface area contributed by atoms with Crippen molar-refractivity contribution in [3.63, 3.8) is 0 Å². The number of benzene rings is 1. The molecular formula is C20H21N5O. The minimum atomic E-state index is 0.106. The number of rotatable bonds is 2. The summed E-state index contributed by atoms with van der Waals surface area (Å²) in [4.78, 5) is 19.5. The first kappa shape index (κ1) is 16.4. The van der Waals surface area contributed by atoms with E-state index in [1.54, 1.807) is 0 Å². The van der Waals surface area contributed by atoms with Crippen LogP contribution in [0.5, 0.6) is 0 Å². The molecule has 0 radical (unpaired) electrons. The van der Waals surface area contributed by atoms with Crippen molar-refractivity contribution >= 4 is 22.6 Å². The van der Waals surface area contributed by atoms with Crippen LogP contribution in [0, 0.1) is 13.8 Å². The molecule has 0 atom stereocenters. The van der Waals surface area contributed by atoms with E-state index in [4.69, 9.17) is 5.73 Å². The largest absolute Gasteiger partial charge is 0.382 e. The normalized spacial score (nSPS) is 13.7. The molecule has 0 bridgehead atoms. The molecule has 0 fully saturated rings. The Morgan fingerprint density at radius 2 is 2.04 bits per heavy atom. The number of carbonyl (C=O) groups is 1. The zero-order valence-corrected chi connectivity index (χ0v) is 15.0. The second-order valence-corrected chi connectivity index (χ2v) is 6.80. The Bertz CT molecular complexity index is 1010. The molecule has 0 saturated heterocycles. The molecule has 0 saturated carbocycles. The highest BCUT2D eigenvalue weighted by atomic mass is 16.2. The number of nitrogens with zero attached hydrogens (tertiary/aromatic N) is 4. The monoisotopic (exact) mass is 347 g/mol. The number of fused-ring (bicyclic) bond motifs is 2. The third kappa shape index (κ3) is 2.87. The van der Waals surface area contributed by atoms with Gasteiger partial charge in [-0.2, -0.15) is 5.10 Å². The summed E-state index contributed by atoms with van der Waals surface area (Å²) in [6.07, 6.45) is 1.07. The van der Waals surface area contributed by atoms with Gasteiger partial charge < -0.3 is 10.6 Å². The van der Waals surface area contributed by atoms with E-state index < -0.39 is 0 Å². The van der Waals surface area contributed by atoms with E-state index >= 15 is 0 Å². The number of anilines is 1. The van der Waals surface area contributed by atoms with Gasteiger partial charge in [-0.1, -0.05) is 18.2 Å². The Morgan fingerprint density at radius 1 is 1.23 bits per heavy atom. The van der Waals surface area contributed by atoms with Crippen LogP contribution in [0.1, 0.15) is 28.1 Å². The lowest BCUT2D eigenvalue weighted by atomic mass is 9.98. The molecule has 3 heterocycles. The number of amides is 1. The molecule has 1 aromatic carbocycles. The van der Waals surface area contributed by atoms with Gasteiger partial charge in [0, 0.05) is 30.6 Å². The smallest absolute Gasteiger partial charge is 0.227 e. The van der Waals surface area contributed by atoms with E-state index in [2.05, 4.69) is 28.2 Å². The molecule has 3 aromatic rings. The second-order valence-electron chi connectivity index (χ2n) is 6.80. The number of nitrogen functional groups attached to an aromatic ring is 1. The third-order valence-electron chi connectivity index (χ3n) is 5.13. The lowest BCUT2D eigenvalue weighted by Gasteiger charge is -2.28. The number of hydrogen-bond acceptors (Lipinski definition) is 5. The van der Waals surface area contributed by atoms with Crippen LogP contribution in [0.4, 0.5) is 5.82 Å². The van der Waals surface area contributed by atoms with Crippen LogP contribution in [-0.2, 0) is 24.2 Å². The number of carbonyl (C=O) groups excluding carboxylic acids is 1. The highest BCUT2D eigenvalue weighted by Crippen LogP contribution is 2.24. The quantitative estimate of drug-likeness (QED) is 0.769. The van der Waals surface area contributed by atoms with Crippen LogP contribution in [0.15, 0.2) is 30.3 Å². The number of para-hydroxylation sites is 1. The average Bonchev–Trinajstić information content (AvgIpc) is 2.64. The Hall–Kier alpha value is -3.02. The topological polar surface area (TPSA) is 85.0 Å². The molecule has 2 aromatic heterocycles. The molecule has 1 aliphatic rings. The molecule has 26 heavy (non-hydrogen) atoms. The van der Waals surface area contributed by atoms with Gasteiger partial charge >= 0.3 is 0 Å². The summed E-state index contributed by atoms with van der Waals surface area (Å²) >= 11 is 0. The summed E-state index contributed by atoms with van der Waals surface area (Å²) in [5, 5.41) is 9.14.